The highest BCUT2D eigenvalue weighted by molar-refractivity contribution is 9.10. The van der Waals surface area contributed by atoms with Crippen molar-refractivity contribution in [2.75, 3.05) is 5.32 Å². The number of hydrogen-bond donors (Lipinski definition) is 3. The summed E-state index contributed by atoms with van der Waals surface area (Å²) < 4.78 is 0.552. The number of nitrogens with zero attached hydrogens (tertiary/aromatic N) is 2. The van der Waals surface area contributed by atoms with Crippen LogP contribution in [0.3, 0.4) is 0 Å². The Morgan fingerprint density at radius 1 is 1.65 bits per heavy atom. The second kappa shape index (κ2) is 5.01. The molecule has 0 aliphatic rings. The number of anilines is 1. The number of aromatic nitrogens is 1. The Kier molecular flexibility index (Phi) is 3.91. The van der Waals surface area contributed by atoms with E-state index in [1.165, 1.54) is 6.20 Å². The maximum atomic E-state index is 10.6. The van der Waals surface area contributed by atoms with E-state index in [0.717, 1.165) is 0 Å². The summed E-state index contributed by atoms with van der Waals surface area (Å²) >= 11 is 3.20. The largest absolute Gasteiger partial charge is 0.465 e. The molecule has 1 aromatic heterocycles. The zero-order valence-electron chi connectivity index (χ0n) is 9.28. The van der Waals surface area contributed by atoms with Gasteiger partial charge in [-0.05, 0) is 35.8 Å². The first-order valence-electron chi connectivity index (χ1n) is 4.69. The minimum Gasteiger partial charge on any atom is -0.465 e. The van der Waals surface area contributed by atoms with Gasteiger partial charge in [-0.3, -0.25) is 5.32 Å². The molecule has 1 heterocycles. The molecule has 0 fully saturated rings. The summed E-state index contributed by atoms with van der Waals surface area (Å²) in [6, 6.07) is 3.59. The third kappa shape index (κ3) is 3.92. The van der Waals surface area contributed by atoms with Gasteiger partial charge in [0.25, 0.3) is 0 Å². The lowest BCUT2D eigenvalue weighted by molar-refractivity contribution is 0.185. The first kappa shape index (κ1) is 13.3. The lowest BCUT2D eigenvalue weighted by Crippen LogP contribution is -2.48. The smallest absolute Gasteiger partial charge is 0.406 e. The first-order valence-corrected chi connectivity index (χ1v) is 5.48. The van der Waals surface area contributed by atoms with Crippen LogP contribution in [-0.4, -0.2) is 21.8 Å². The summed E-state index contributed by atoms with van der Waals surface area (Å²) in [7, 11) is 0. The average molecular weight is 299 g/mol. The molecule has 0 saturated heterocycles. The van der Waals surface area contributed by atoms with Gasteiger partial charge in [-0.25, -0.2) is 9.78 Å². The van der Waals surface area contributed by atoms with E-state index < -0.39 is 11.8 Å². The summed E-state index contributed by atoms with van der Waals surface area (Å²) in [5.74, 6) is 0. The second-order valence-electron chi connectivity index (χ2n) is 3.85. The summed E-state index contributed by atoms with van der Waals surface area (Å²) in [6.45, 7) is 3.35. The van der Waals surface area contributed by atoms with Crippen molar-refractivity contribution in [2.45, 2.75) is 19.5 Å². The molecular weight excluding hydrogens is 288 g/mol. The van der Waals surface area contributed by atoms with Crippen molar-refractivity contribution < 1.29 is 9.90 Å². The molecule has 1 aromatic rings. The van der Waals surface area contributed by atoms with Crippen molar-refractivity contribution in [3.63, 3.8) is 0 Å². The molecule has 17 heavy (non-hydrogen) atoms. The molecule has 1 rings (SSSR count). The van der Waals surface area contributed by atoms with Crippen LogP contribution in [0.2, 0.25) is 0 Å². The highest BCUT2D eigenvalue weighted by Crippen LogP contribution is 2.20. The minimum absolute atomic E-state index is 0.277. The third-order valence-corrected chi connectivity index (χ3v) is 2.43. The molecule has 0 unspecified atom stereocenters. The first-order chi connectivity index (χ1) is 7.84. The number of carboxylic acid groups (broad SMARTS) is 1. The number of halogens is 1. The van der Waals surface area contributed by atoms with E-state index in [0.29, 0.717) is 10.2 Å². The van der Waals surface area contributed by atoms with Crippen molar-refractivity contribution >= 4 is 27.7 Å². The van der Waals surface area contributed by atoms with Crippen LogP contribution in [0.1, 0.15) is 19.5 Å². The Morgan fingerprint density at radius 3 is 2.76 bits per heavy atom. The van der Waals surface area contributed by atoms with Crippen LogP contribution in [-0.2, 0) is 0 Å². The minimum atomic E-state index is -1.12. The fraction of sp³-hybridized carbons (Fsp3) is 0.300. The van der Waals surface area contributed by atoms with Crippen LogP contribution in [0.25, 0.3) is 0 Å². The lowest BCUT2D eigenvalue weighted by atomic mass is 10.2. The quantitative estimate of drug-likeness (QED) is 0.743. The van der Waals surface area contributed by atoms with Gasteiger partial charge in [0.2, 0.25) is 0 Å². The second-order valence-corrected chi connectivity index (χ2v) is 4.70. The molecule has 0 radical (unpaired) electrons. The Balaban J connectivity index is 2.86. The van der Waals surface area contributed by atoms with E-state index in [1.807, 2.05) is 6.07 Å². The number of rotatable bonds is 3. The van der Waals surface area contributed by atoms with Gasteiger partial charge >= 0.3 is 6.09 Å². The van der Waals surface area contributed by atoms with Gasteiger partial charge in [-0.1, -0.05) is 0 Å². The topological polar surface area (TPSA) is 98.0 Å². The highest BCUT2D eigenvalue weighted by Gasteiger charge is 2.19. The van der Waals surface area contributed by atoms with Gasteiger partial charge in [0.05, 0.1) is 16.4 Å². The maximum absolute atomic E-state index is 10.6. The van der Waals surface area contributed by atoms with E-state index in [9.17, 15) is 4.79 Å². The number of amides is 1. The summed E-state index contributed by atoms with van der Waals surface area (Å²) in [4.78, 5) is 14.5. The zero-order chi connectivity index (χ0) is 13.1. The third-order valence-electron chi connectivity index (χ3n) is 1.82. The van der Waals surface area contributed by atoms with Crippen molar-refractivity contribution in [2.24, 2.45) is 0 Å². The summed E-state index contributed by atoms with van der Waals surface area (Å²) in [5, 5.41) is 22.6. The maximum Gasteiger partial charge on any atom is 0.406 e. The highest BCUT2D eigenvalue weighted by atomic mass is 79.9. The fourth-order valence-electron chi connectivity index (χ4n) is 1.25. The number of hydrogen-bond acceptors (Lipinski definition) is 4. The van der Waals surface area contributed by atoms with Crippen LogP contribution in [0.4, 0.5) is 10.5 Å². The molecule has 1 amide bonds. The molecule has 0 saturated carbocycles. The Labute approximate surface area is 107 Å². The number of nitriles is 1. The van der Waals surface area contributed by atoms with Crippen LogP contribution in [0.5, 0.6) is 0 Å². The molecule has 0 bridgehead atoms. The number of carbonyl (C=O) groups is 1. The Bertz CT molecular complexity index is 482. The standard InChI is InChI=1S/C10H11BrN4O2/c1-10(2,15-9(16)17)14-6-3-7(11)8(4-12)13-5-6/h3,5,14-15H,1-2H3,(H,16,17). The van der Waals surface area contributed by atoms with Crippen molar-refractivity contribution in [3.8, 4) is 6.07 Å². The normalized spacial score (nSPS) is 10.5. The van der Waals surface area contributed by atoms with Gasteiger partial charge in [0, 0.05) is 0 Å². The fourth-order valence-corrected chi connectivity index (χ4v) is 1.69. The Hall–Kier alpha value is -1.81. The van der Waals surface area contributed by atoms with Crippen LogP contribution in [0, 0.1) is 11.3 Å². The molecule has 0 spiro atoms. The van der Waals surface area contributed by atoms with Gasteiger partial charge in [0.15, 0.2) is 5.69 Å². The zero-order valence-corrected chi connectivity index (χ0v) is 10.9. The van der Waals surface area contributed by atoms with E-state index >= 15 is 0 Å². The molecule has 0 aromatic carbocycles. The molecule has 90 valence electrons. The van der Waals surface area contributed by atoms with E-state index in [1.54, 1.807) is 19.9 Å². The monoisotopic (exact) mass is 298 g/mol. The molecule has 0 aliphatic heterocycles. The summed E-state index contributed by atoms with van der Waals surface area (Å²) in [6.07, 6.45) is 0.345. The van der Waals surface area contributed by atoms with E-state index in [-0.39, 0.29) is 5.69 Å². The molecule has 6 nitrogen and oxygen atoms in total. The van der Waals surface area contributed by atoms with Crippen molar-refractivity contribution in [3.05, 3.63) is 22.4 Å². The number of pyridine rings is 1. The SMILES string of the molecule is CC(C)(NC(=O)O)Nc1cnc(C#N)c(Br)c1. The molecule has 0 atom stereocenters. The van der Waals surface area contributed by atoms with Gasteiger partial charge in [-0.2, -0.15) is 5.26 Å². The lowest BCUT2D eigenvalue weighted by Gasteiger charge is -2.27. The molecular formula is C10H11BrN4O2. The van der Waals surface area contributed by atoms with Crippen molar-refractivity contribution in [1.29, 1.82) is 5.26 Å². The van der Waals surface area contributed by atoms with Gasteiger partial charge in [-0.15, -0.1) is 0 Å². The number of nitrogens with one attached hydrogen (secondary N) is 2. The van der Waals surface area contributed by atoms with Crippen LogP contribution >= 0.6 is 15.9 Å². The predicted molar refractivity (Wildman–Crippen MR) is 65.5 cm³/mol. The van der Waals surface area contributed by atoms with Crippen molar-refractivity contribution in [1.82, 2.24) is 10.3 Å². The van der Waals surface area contributed by atoms with Crippen LogP contribution in [0.15, 0.2) is 16.7 Å². The molecule has 0 aliphatic carbocycles. The predicted octanol–water partition coefficient (Wildman–Crippen LogP) is 2.13. The Morgan fingerprint density at radius 2 is 2.29 bits per heavy atom. The average Bonchev–Trinajstić information content (AvgIpc) is 2.14. The molecule has 3 N–H and O–H groups in total. The van der Waals surface area contributed by atoms with E-state index in [4.69, 9.17) is 10.4 Å². The summed E-state index contributed by atoms with van der Waals surface area (Å²) in [5.41, 5.74) is 0.0513. The van der Waals surface area contributed by atoms with Crippen LogP contribution < -0.4 is 10.6 Å². The van der Waals surface area contributed by atoms with E-state index in [2.05, 4.69) is 31.5 Å². The van der Waals surface area contributed by atoms with Gasteiger partial charge < -0.3 is 10.4 Å². The van der Waals surface area contributed by atoms with Gasteiger partial charge in [0.1, 0.15) is 11.7 Å². The molecule has 7 heteroatoms.